The van der Waals surface area contributed by atoms with Crippen molar-refractivity contribution >= 4 is 21.8 Å². The Bertz CT molecular complexity index is 220. The third kappa shape index (κ3) is 3.47. The number of carbonyl (C=O) groups excluding carboxylic acids is 1. The molecule has 0 aromatic heterocycles. The second kappa shape index (κ2) is 5.88. The topological polar surface area (TPSA) is 20.3 Å². The molecule has 0 saturated heterocycles. The molecule has 0 N–H and O–H groups in total. The Morgan fingerprint density at radius 1 is 1.53 bits per heavy atom. The molecule has 0 spiro atoms. The van der Waals surface area contributed by atoms with Crippen LogP contribution in [0.4, 0.5) is 0 Å². The van der Waals surface area contributed by atoms with Gasteiger partial charge in [-0.1, -0.05) is 42.6 Å². The Kier molecular flexibility index (Phi) is 5.10. The second-order valence-corrected chi connectivity index (χ2v) is 5.86. The van der Waals surface area contributed by atoms with Crippen molar-refractivity contribution in [3.05, 3.63) is 0 Å². The largest absolute Gasteiger partial charge is 0.342 e. The fourth-order valence-electron chi connectivity index (χ4n) is 2.33. The van der Waals surface area contributed by atoms with Crippen LogP contribution in [0.5, 0.6) is 0 Å². The van der Waals surface area contributed by atoms with Gasteiger partial charge in [0.1, 0.15) is 0 Å². The van der Waals surface area contributed by atoms with Gasteiger partial charge in [-0.25, -0.2) is 0 Å². The van der Waals surface area contributed by atoms with Crippen LogP contribution in [0.2, 0.25) is 0 Å². The molecule has 1 fully saturated rings. The third-order valence-corrected chi connectivity index (χ3v) is 4.47. The zero-order valence-corrected chi connectivity index (χ0v) is 11.6. The molecule has 1 aliphatic rings. The van der Waals surface area contributed by atoms with Crippen LogP contribution in [-0.2, 0) is 4.79 Å². The Hall–Kier alpha value is -0.0500. The molecule has 0 aromatic rings. The van der Waals surface area contributed by atoms with Crippen LogP contribution in [0.1, 0.15) is 46.0 Å². The van der Waals surface area contributed by atoms with E-state index in [0.717, 1.165) is 12.3 Å². The normalized spacial score (nSPS) is 28.5. The molecule has 0 heterocycles. The lowest BCUT2D eigenvalue weighted by atomic mass is 9.86. The van der Waals surface area contributed by atoms with E-state index in [4.69, 9.17) is 0 Å². The Morgan fingerprint density at radius 3 is 2.73 bits per heavy atom. The van der Waals surface area contributed by atoms with E-state index in [1.165, 1.54) is 25.7 Å². The number of carbonyl (C=O) groups is 1. The third-order valence-electron chi connectivity index (χ3n) is 3.43. The zero-order chi connectivity index (χ0) is 11.4. The predicted octanol–water partition coefficient (Wildman–Crippen LogP) is 3.20. The molecule has 1 amide bonds. The molecule has 0 aliphatic heterocycles. The maximum Gasteiger partial charge on any atom is 0.236 e. The van der Waals surface area contributed by atoms with E-state index in [1.54, 1.807) is 0 Å². The molecule has 1 aliphatic carbocycles. The van der Waals surface area contributed by atoms with E-state index in [-0.39, 0.29) is 10.7 Å². The molecule has 0 bridgehead atoms. The number of halogens is 1. The molecule has 2 nitrogen and oxygen atoms in total. The number of alkyl halides is 1. The summed E-state index contributed by atoms with van der Waals surface area (Å²) in [7, 11) is 1.95. The van der Waals surface area contributed by atoms with Crippen molar-refractivity contribution in [1.29, 1.82) is 0 Å². The van der Waals surface area contributed by atoms with E-state index in [9.17, 15) is 4.79 Å². The summed E-state index contributed by atoms with van der Waals surface area (Å²) in [5, 5.41) is 0. The molecule has 0 radical (unpaired) electrons. The van der Waals surface area contributed by atoms with E-state index in [1.807, 2.05) is 18.9 Å². The number of rotatable bonds is 3. The Balaban J connectivity index is 2.51. The highest BCUT2D eigenvalue weighted by molar-refractivity contribution is 9.10. The van der Waals surface area contributed by atoms with Crippen LogP contribution < -0.4 is 0 Å². The first-order valence-corrected chi connectivity index (χ1v) is 6.88. The quantitative estimate of drug-likeness (QED) is 0.725. The molecule has 1 rings (SSSR count). The lowest BCUT2D eigenvalue weighted by Crippen LogP contribution is -2.43. The van der Waals surface area contributed by atoms with Crippen molar-refractivity contribution in [2.45, 2.75) is 56.8 Å². The first-order chi connectivity index (χ1) is 7.06. The summed E-state index contributed by atoms with van der Waals surface area (Å²) >= 11 is 3.43. The second-order valence-electron chi connectivity index (χ2n) is 4.75. The van der Waals surface area contributed by atoms with Gasteiger partial charge in [-0.15, -0.1) is 0 Å². The van der Waals surface area contributed by atoms with Crippen molar-refractivity contribution in [2.24, 2.45) is 5.92 Å². The summed E-state index contributed by atoms with van der Waals surface area (Å²) in [6.45, 7) is 4.32. The van der Waals surface area contributed by atoms with Gasteiger partial charge in [0.05, 0.1) is 4.83 Å². The van der Waals surface area contributed by atoms with Gasteiger partial charge in [-0.2, -0.15) is 0 Å². The summed E-state index contributed by atoms with van der Waals surface area (Å²) in [6.07, 6.45) is 5.81. The summed E-state index contributed by atoms with van der Waals surface area (Å²) in [5.41, 5.74) is 0. The smallest absolute Gasteiger partial charge is 0.236 e. The van der Waals surface area contributed by atoms with Crippen molar-refractivity contribution in [3.63, 3.8) is 0 Å². The standard InChI is InChI=1S/C12H22BrNO/c1-4-11(13)12(15)14(3)10-7-5-6-9(2)8-10/h9-11H,4-8H2,1-3H3. The van der Waals surface area contributed by atoms with Crippen LogP contribution in [0.3, 0.4) is 0 Å². The SMILES string of the molecule is CCC(Br)C(=O)N(C)C1CCCC(C)C1. The maximum atomic E-state index is 12.0. The molecular formula is C12H22BrNO. The Morgan fingerprint density at radius 2 is 2.20 bits per heavy atom. The van der Waals surface area contributed by atoms with Crippen LogP contribution in [0, 0.1) is 5.92 Å². The van der Waals surface area contributed by atoms with Crippen molar-refractivity contribution < 1.29 is 4.79 Å². The number of nitrogens with zero attached hydrogens (tertiary/aromatic N) is 1. The van der Waals surface area contributed by atoms with Gasteiger partial charge in [0.15, 0.2) is 0 Å². The highest BCUT2D eigenvalue weighted by atomic mass is 79.9. The van der Waals surface area contributed by atoms with Gasteiger partial charge >= 0.3 is 0 Å². The van der Waals surface area contributed by atoms with Gasteiger partial charge in [0.2, 0.25) is 5.91 Å². The molecule has 3 atom stereocenters. The molecular weight excluding hydrogens is 254 g/mol. The van der Waals surface area contributed by atoms with Gasteiger partial charge in [0, 0.05) is 13.1 Å². The summed E-state index contributed by atoms with van der Waals surface area (Å²) in [5.74, 6) is 1.02. The highest BCUT2D eigenvalue weighted by Crippen LogP contribution is 2.27. The van der Waals surface area contributed by atoms with E-state index in [0.29, 0.717) is 6.04 Å². The highest BCUT2D eigenvalue weighted by Gasteiger charge is 2.27. The number of hydrogen-bond acceptors (Lipinski definition) is 1. The molecule has 3 unspecified atom stereocenters. The average molecular weight is 276 g/mol. The molecule has 1 saturated carbocycles. The molecule has 88 valence electrons. The van der Waals surface area contributed by atoms with Crippen LogP contribution in [-0.4, -0.2) is 28.7 Å². The fourth-order valence-corrected chi connectivity index (χ4v) is 2.65. The number of hydrogen-bond donors (Lipinski definition) is 0. The van der Waals surface area contributed by atoms with E-state index in [2.05, 4.69) is 22.9 Å². The van der Waals surface area contributed by atoms with E-state index < -0.39 is 0 Å². The van der Waals surface area contributed by atoms with Crippen molar-refractivity contribution in [1.82, 2.24) is 4.90 Å². The van der Waals surface area contributed by atoms with Gasteiger partial charge in [0.25, 0.3) is 0 Å². The minimum Gasteiger partial charge on any atom is -0.342 e. The van der Waals surface area contributed by atoms with Crippen LogP contribution in [0.15, 0.2) is 0 Å². The first-order valence-electron chi connectivity index (χ1n) is 5.97. The van der Waals surface area contributed by atoms with Gasteiger partial charge in [-0.3, -0.25) is 4.79 Å². The maximum absolute atomic E-state index is 12.0. The monoisotopic (exact) mass is 275 g/mol. The summed E-state index contributed by atoms with van der Waals surface area (Å²) in [4.78, 5) is 13.9. The lowest BCUT2D eigenvalue weighted by molar-refractivity contribution is -0.132. The van der Waals surface area contributed by atoms with Crippen molar-refractivity contribution in [2.75, 3.05) is 7.05 Å². The zero-order valence-electron chi connectivity index (χ0n) is 10.0. The van der Waals surface area contributed by atoms with Gasteiger partial charge in [-0.05, 0) is 25.2 Å². The van der Waals surface area contributed by atoms with Crippen molar-refractivity contribution in [3.8, 4) is 0 Å². The van der Waals surface area contributed by atoms with Gasteiger partial charge < -0.3 is 4.90 Å². The van der Waals surface area contributed by atoms with E-state index >= 15 is 0 Å². The number of amides is 1. The minimum atomic E-state index is -0.000248. The Labute approximate surface area is 102 Å². The van der Waals surface area contributed by atoms with Crippen LogP contribution in [0.25, 0.3) is 0 Å². The molecule has 15 heavy (non-hydrogen) atoms. The van der Waals surface area contributed by atoms with Crippen LogP contribution >= 0.6 is 15.9 Å². The summed E-state index contributed by atoms with van der Waals surface area (Å²) < 4.78 is 0. The molecule has 0 aromatic carbocycles. The fraction of sp³-hybridized carbons (Fsp3) is 0.917. The lowest BCUT2D eigenvalue weighted by Gasteiger charge is -2.35. The first kappa shape index (κ1) is 13.0. The summed E-state index contributed by atoms with van der Waals surface area (Å²) in [6, 6.07) is 0.466. The minimum absolute atomic E-state index is 0.000248. The molecule has 3 heteroatoms. The predicted molar refractivity (Wildman–Crippen MR) is 67.2 cm³/mol. The average Bonchev–Trinajstić information content (AvgIpc) is 2.26.